The number of carbonyl (C=O) groups excluding carboxylic acids is 2. The summed E-state index contributed by atoms with van der Waals surface area (Å²) in [7, 11) is 1.33. The number of esters is 1. The number of methoxy groups -OCH3 is 1. The fourth-order valence-electron chi connectivity index (χ4n) is 2.41. The molecule has 23 heavy (non-hydrogen) atoms. The molecule has 0 heterocycles. The maximum absolute atomic E-state index is 12.7. The fourth-order valence-corrected chi connectivity index (χ4v) is 2.41. The quantitative estimate of drug-likeness (QED) is 0.845. The number of ether oxygens (including phenoxy) is 1. The highest BCUT2D eigenvalue weighted by Gasteiger charge is 2.26. The van der Waals surface area contributed by atoms with Gasteiger partial charge in [-0.25, -0.2) is 4.79 Å². The molecule has 0 aliphatic carbocycles. The molecule has 0 aromatic heterocycles. The summed E-state index contributed by atoms with van der Waals surface area (Å²) < 4.78 is 4.79. The smallest absolute Gasteiger partial charge is 0.328 e. The Labute approximate surface area is 139 Å². The first-order chi connectivity index (χ1) is 10.6. The van der Waals surface area contributed by atoms with Crippen molar-refractivity contribution in [1.82, 2.24) is 5.32 Å². The molecule has 1 aromatic carbocycles. The average Bonchev–Trinajstić information content (AvgIpc) is 2.49. The van der Waals surface area contributed by atoms with Crippen molar-refractivity contribution in [3.05, 3.63) is 34.9 Å². The van der Waals surface area contributed by atoms with Crippen LogP contribution in [-0.4, -0.2) is 25.0 Å². The van der Waals surface area contributed by atoms with Crippen LogP contribution >= 0.6 is 0 Å². The van der Waals surface area contributed by atoms with Crippen LogP contribution in [0.5, 0.6) is 0 Å². The molecule has 128 valence electrons. The van der Waals surface area contributed by atoms with Gasteiger partial charge in [-0.15, -0.1) is 0 Å². The van der Waals surface area contributed by atoms with Gasteiger partial charge < -0.3 is 10.1 Å². The number of nitrogens with one attached hydrogen (secondary N) is 1. The van der Waals surface area contributed by atoms with E-state index in [-0.39, 0.29) is 17.2 Å². The molecular weight excluding hydrogens is 290 g/mol. The van der Waals surface area contributed by atoms with Gasteiger partial charge in [0.15, 0.2) is 0 Å². The van der Waals surface area contributed by atoms with Gasteiger partial charge in [0.25, 0.3) is 5.91 Å². The third-order valence-corrected chi connectivity index (χ3v) is 4.01. The number of hydrogen-bond donors (Lipinski definition) is 1. The lowest BCUT2D eigenvalue weighted by molar-refractivity contribution is -0.144. The van der Waals surface area contributed by atoms with Crippen LogP contribution in [0.3, 0.4) is 0 Å². The minimum atomic E-state index is -0.643. The molecule has 0 spiro atoms. The molecule has 1 unspecified atom stereocenters. The van der Waals surface area contributed by atoms with Crippen molar-refractivity contribution in [1.29, 1.82) is 0 Å². The van der Waals surface area contributed by atoms with Gasteiger partial charge in [-0.3, -0.25) is 4.79 Å². The van der Waals surface area contributed by atoms with Crippen molar-refractivity contribution in [3.63, 3.8) is 0 Å². The average molecular weight is 319 g/mol. The number of aryl methyl sites for hydroxylation is 1. The molecule has 1 rings (SSSR count). The van der Waals surface area contributed by atoms with Gasteiger partial charge in [0.2, 0.25) is 0 Å². The highest BCUT2D eigenvalue weighted by Crippen LogP contribution is 2.25. The van der Waals surface area contributed by atoms with Crippen LogP contribution < -0.4 is 5.32 Å². The van der Waals surface area contributed by atoms with Gasteiger partial charge in [-0.2, -0.15) is 0 Å². The molecule has 0 aliphatic heterocycles. The van der Waals surface area contributed by atoms with Gasteiger partial charge in [-0.1, -0.05) is 53.7 Å². The standard InChI is InChI=1S/C19H29NO3/c1-8-13-9-10-14(19(4,5)6)11-15(13)17(21)20-16(12(2)3)18(22)23-7/h9-12,16H,8H2,1-7H3,(H,20,21). The molecule has 1 atom stereocenters. The maximum Gasteiger partial charge on any atom is 0.328 e. The summed E-state index contributed by atoms with van der Waals surface area (Å²) in [6.45, 7) is 12.1. The summed E-state index contributed by atoms with van der Waals surface area (Å²) in [6, 6.07) is 5.35. The molecule has 1 aromatic rings. The molecule has 1 amide bonds. The third kappa shape index (κ3) is 4.81. The lowest BCUT2D eigenvalue weighted by Crippen LogP contribution is -2.45. The minimum absolute atomic E-state index is 0.0396. The maximum atomic E-state index is 12.7. The fraction of sp³-hybridized carbons (Fsp3) is 0.579. The Hall–Kier alpha value is -1.84. The Kier molecular flexibility index (Phi) is 6.37. The summed E-state index contributed by atoms with van der Waals surface area (Å²) in [4.78, 5) is 24.6. The molecule has 0 saturated heterocycles. The molecule has 0 fully saturated rings. The molecule has 0 aliphatic rings. The lowest BCUT2D eigenvalue weighted by atomic mass is 9.84. The SMILES string of the molecule is CCc1ccc(C(C)(C)C)cc1C(=O)NC(C(=O)OC)C(C)C. The Bertz CT molecular complexity index is 570. The number of benzene rings is 1. The van der Waals surface area contributed by atoms with Crippen LogP contribution in [-0.2, 0) is 21.4 Å². The van der Waals surface area contributed by atoms with Gasteiger partial charge in [0.1, 0.15) is 6.04 Å². The number of hydrogen-bond acceptors (Lipinski definition) is 3. The van der Waals surface area contributed by atoms with Crippen LogP contribution in [0.1, 0.15) is 63.0 Å². The molecule has 1 N–H and O–H groups in total. The zero-order valence-corrected chi connectivity index (χ0v) is 15.3. The van der Waals surface area contributed by atoms with Gasteiger partial charge in [0.05, 0.1) is 7.11 Å². The first-order valence-electron chi connectivity index (χ1n) is 8.13. The van der Waals surface area contributed by atoms with Gasteiger partial charge >= 0.3 is 5.97 Å². The van der Waals surface area contributed by atoms with E-state index in [0.717, 1.165) is 17.5 Å². The van der Waals surface area contributed by atoms with Crippen LogP contribution in [0, 0.1) is 5.92 Å². The summed E-state index contributed by atoms with van der Waals surface area (Å²) in [5.74, 6) is -0.683. The van der Waals surface area contributed by atoms with E-state index >= 15 is 0 Å². The number of carbonyl (C=O) groups is 2. The Morgan fingerprint density at radius 1 is 1.22 bits per heavy atom. The predicted octanol–water partition coefficient (Wildman–Crippen LogP) is 3.47. The highest BCUT2D eigenvalue weighted by molar-refractivity contribution is 5.98. The monoisotopic (exact) mass is 319 g/mol. The van der Waals surface area contributed by atoms with E-state index < -0.39 is 12.0 Å². The van der Waals surface area contributed by atoms with Gasteiger partial charge in [-0.05, 0) is 34.9 Å². The van der Waals surface area contributed by atoms with Crippen molar-refractivity contribution in [3.8, 4) is 0 Å². The summed E-state index contributed by atoms with van der Waals surface area (Å²) in [5, 5.41) is 2.82. The van der Waals surface area contributed by atoms with Crippen molar-refractivity contribution in [2.75, 3.05) is 7.11 Å². The van der Waals surface area contributed by atoms with Crippen LogP contribution in [0.15, 0.2) is 18.2 Å². The normalized spacial score (nSPS) is 12.9. The van der Waals surface area contributed by atoms with E-state index in [1.165, 1.54) is 7.11 Å². The Morgan fingerprint density at radius 3 is 2.26 bits per heavy atom. The number of amides is 1. The first kappa shape index (κ1) is 19.2. The van der Waals surface area contributed by atoms with Crippen molar-refractivity contribution in [2.24, 2.45) is 5.92 Å². The second-order valence-corrected chi connectivity index (χ2v) is 7.19. The largest absolute Gasteiger partial charge is 0.467 e. The zero-order chi connectivity index (χ0) is 17.8. The number of rotatable bonds is 5. The van der Waals surface area contributed by atoms with E-state index in [4.69, 9.17) is 4.74 Å². The second-order valence-electron chi connectivity index (χ2n) is 7.19. The van der Waals surface area contributed by atoms with E-state index in [1.54, 1.807) is 0 Å². The van der Waals surface area contributed by atoms with Crippen molar-refractivity contribution in [2.45, 2.75) is 59.4 Å². The predicted molar refractivity (Wildman–Crippen MR) is 92.6 cm³/mol. The van der Waals surface area contributed by atoms with Crippen LogP contribution in [0.4, 0.5) is 0 Å². The Balaban J connectivity index is 3.17. The molecule has 4 heteroatoms. The third-order valence-electron chi connectivity index (χ3n) is 4.01. The molecule has 4 nitrogen and oxygen atoms in total. The van der Waals surface area contributed by atoms with Crippen LogP contribution in [0.25, 0.3) is 0 Å². The summed E-state index contributed by atoms with van der Waals surface area (Å²) in [6.07, 6.45) is 0.762. The lowest BCUT2D eigenvalue weighted by Gasteiger charge is -2.23. The van der Waals surface area contributed by atoms with Crippen molar-refractivity contribution >= 4 is 11.9 Å². The van der Waals surface area contributed by atoms with E-state index in [9.17, 15) is 9.59 Å². The molecule has 0 radical (unpaired) electrons. The molecule has 0 saturated carbocycles. The topological polar surface area (TPSA) is 55.4 Å². The van der Waals surface area contributed by atoms with Crippen LogP contribution in [0.2, 0.25) is 0 Å². The molecular formula is C19H29NO3. The van der Waals surface area contributed by atoms with E-state index in [0.29, 0.717) is 5.56 Å². The van der Waals surface area contributed by atoms with E-state index in [1.807, 2.05) is 32.9 Å². The molecule has 0 bridgehead atoms. The van der Waals surface area contributed by atoms with E-state index in [2.05, 4.69) is 32.2 Å². The second kappa shape index (κ2) is 7.62. The minimum Gasteiger partial charge on any atom is -0.467 e. The van der Waals surface area contributed by atoms with Crippen molar-refractivity contribution < 1.29 is 14.3 Å². The summed E-state index contributed by atoms with van der Waals surface area (Å²) >= 11 is 0. The Morgan fingerprint density at radius 2 is 1.83 bits per heavy atom. The highest BCUT2D eigenvalue weighted by atomic mass is 16.5. The van der Waals surface area contributed by atoms with Gasteiger partial charge in [0, 0.05) is 5.56 Å². The zero-order valence-electron chi connectivity index (χ0n) is 15.3. The first-order valence-corrected chi connectivity index (χ1v) is 8.13. The summed E-state index contributed by atoms with van der Waals surface area (Å²) in [5.41, 5.74) is 2.66.